The van der Waals surface area contributed by atoms with Crippen LogP contribution >= 0.6 is 0 Å². The summed E-state index contributed by atoms with van der Waals surface area (Å²) in [5.74, 6) is -4.43. The van der Waals surface area contributed by atoms with Crippen LogP contribution in [-0.2, 0) is 11.2 Å². The van der Waals surface area contributed by atoms with E-state index in [2.05, 4.69) is 13.2 Å². The van der Waals surface area contributed by atoms with Crippen molar-refractivity contribution in [3.8, 4) is 22.3 Å². The first-order valence-corrected chi connectivity index (χ1v) is 10.9. The molecule has 3 aromatic rings. The number of ether oxygens (including phenoxy) is 1. The van der Waals surface area contributed by atoms with Crippen LogP contribution in [-0.4, -0.2) is 6.61 Å². The third-order valence-corrected chi connectivity index (χ3v) is 5.49. The van der Waals surface area contributed by atoms with Crippen molar-refractivity contribution in [3.63, 3.8) is 0 Å². The van der Waals surface area contributed by atoms with Gasteiger partial charge in [0.25, 0.3) is 0 Å². The number of allylic oxidation sites excluding steroid dienone is 3. The highest BCUT2D eigenvalue weighted by Gasteiger charge is 2.17. The fourth-order valence-electron chi connectivity index (χ4n) is 3.50. The predicted molar refractivity (Wildman–Crippen MR) is 129 cm³/mol. The number of aryl methyl sites for hydroxylation is 2. The first-order chi connectivity index (χ1) is 16.2. The molecule has 176 valence electrons. The molecule has 3 rings (SSSR count). The molecule has 0 heterocycles. The Labute approximate surface area is 197 Å². The van der Waals surface area contributed by atoms with Gasteiger partial charge in [0.05, 0.1) is 6.61 Å². The average Bonchev–Trinajstić information content (AvgIpc) is 2.84. The maximum absolute atomic E-state index is 14.9. The Bertz CT molecular complexity index is 1220. The van der Waals surface area contributed by atoms with E-state index in [1.54, 1.807) is 55.5 Å². The summed E-state index contributed by atoms with van der Waals surface area (Å²) in [6.45, 7) is 10.7. The molecule has 0 N–H and O–H groups in total. The fourth-order valence-corrected chi connectivity index (χ4v) is 3.50. The minimum absolute atomic E-state index is 0.0118. The van der Waals surface area contributed by atoms with E-state index >= 15 is 0 Å². The zero-order valence-electron chi connectivity index (χ0n) is 19.2. The zero-order valence-corrected chi connectivity index (χ0v) is 19.2. The van der Waals surface area contributed by atoms with Crippen LogP contribution in [0.5, 0.6) is 0 Å². The highest BCUT2D eigenvalue weighted by atomic mass is 19.2. The van der Waals surface area contributed by atoms with Crippen molar-refractivity contribution in [3.05, 3.63) is 120 Å². The van der Waals surface area contributed by atoms with Gasteiger partial charge in [-0.1, -0.05) is 79.4 Å². The van der Waals surface area contributed by atoms with E-state index in [1.807, 2.05) is 19.1 Å². The topological polar surface area (TPSA) is 9.23 Å². The van der Waals surface area contributed by atoms with Crippen LogP contribution in [0.15, 0.2) is 96.8 Å². The molecule has 1 nitrogen and oxygen atoms in total. The Balaban J connectivity index is 1.73. The lowest BCUT2D eigenvalue weighted by atomic mass is 9.97. The van der Waals surface area contributed by atoms with Crippen LogP contribution in [0.25, 0.3) is 22.3 Å². The molecule has 0 unspecified atom stereocenters. The molecule has 0 saturated carbocycles. The summed E-state index contributed by atoms with van der Waals surface area (Å²) >= 11 is 0. The Hall–Kier alpha value is -3.60. The third-order valence-electron chi connectivity index (χ3n) is 5.49. The first-order valence-electron chi connectivity index (χ1n) is 10.9. The van der Waals surface area contributed by atoms with Crippen LogP contribution in [0.3, 0.4) is 0 Å². The molecular formula is C29H26F4O. The lowest BCUT2D eigenvalue weighted by Crippen LogP contribution is -1.96. The molecule has 0 saturated heterocycles. The number of halogens is 4. The van der Waals surface area contributed by atoms with Crippen molar-refractivity contribution in [2.24, 2.45) is 0 Å². The number of hydrogen-bond donors (Lipinski definition) is 0. The van der Waals surface area contributed by atoms with Gasteiger partial charge < -0.3 is 4.74 Å². The van der Waals surface area contributed by atoms with E-state index in [9.17, 15) is 17.6 Å². The molecule has 0 bridgehead atoms. The molecular weight excluding hydrogens is 440 g/mol. The summed E-state index contributed by atoms with van der Waals surface area (Å²) in [5.41, 5.74) is 3.30. The fraction of sp³-hybridized carbons (Fsp3) is 0.172. The molecule has 3 aromatic carbocycles. The van der Waals surface area contributed by atoms with Crippen LogP contribution in [0.2, 0.25) is 0 Å². The first kappa shape index (κ1) is 25.0. The Morgan fingerprint density at radius 3 is 1.76 bits per heavy atom. The third kappa shape index (κ3) is 5.66. The number of hydrogen-bond acceptors (Lipinski definition) is 1. The molecule has 0 amide bonds. The van der Waals surface area contributed by atoms with E-state index in [0.717, 1.165) is 11.1 Å². The van der Waals surface area contributed by atoms with Gasteiger partial charge in [-0.2, -0.15) is 4.39 Å². The van der Waals surface area contributed by atoms with Gasteiger partial charge in [0.15, 0.2) is 29.0 Å². The summed E-state index contributed by atoms with van der Waals surface area (Å²) in [6, 6.07) is 17.2. The standard InChI is InChI=1S/C29H26F4O/c1-5-34-20(4)27(31)26(30)19(3)8-9-21-10-14-23(15-11-21)25-17-16-24(28(32)29(25)33)22-12-6-18(2)7-13-22/h6-7,10-17H,3-5,8-9H2,1-2H3/b27-26-. The van der Waals surface area contributed by atoms with E-state index in [0.29, 0.717) is 17.5 Å². The molecule has 0 atom stereocenters. The SMILES string of the molecule is C=C(CCc1ccc(-c2ccc(-c3ccc(C)cc3)c(F)c2F)cc1)/C(F)=C(/F)C(=C)OCC. The van der Waals surface area contributed by atoms with Gasteiger partial charge >= 0.3 is 0 Å². The molecule has 5 heteroatoms. The maximum atomic E-state index is 14.9. The predicted octanol–water partition coefficient (Wildman–Crippen LogP) is 8.80. The van der Waals surface area contributed by atoms with E-state index in [1.165, 1.54) is 0 Å². The second-order valence-electron chi connectivity index (χ2n) is 7.94. The second kappa shape index (κ2) is 11.0. The monoisotopic (exact) mass is 466 g/mol. The largest absolute Gasteiger partial charge is 0.491 e. The van der Waals surface area contributed by atoms with Gasteiger partial charge in [-0.05, 0) is 49.0 Å². The van der Waals surface area contributed by atoms with E-state index in [-0.39, 0.29) is 35.5 Å². The van der Waals surface area contributed by atoms with Gasteiger partial charge in [0.2, 0.25) is 0 Å². The second-order valence-corrected chi connectivity index (χ2v) is 7.94. The van der Waals surface area contributed by atoms with Gasteiger partial charge in [-0.3, -0.25) is 0 Å². The molecule has 0 aliphatic heterocycles. The Morgan fingerprint density at radius 2 is 1.26 bits per heavy atom. The minimum Gasteiger partial charge on any atom is -0.491 e. The number of rotatable bonds is 9. The molecule has 0 spiro atoms. The molecule has 0 aliphatic carbocycles. The van der Waals surface area contributed by atoms with Crippen LogP contribution < -0.4 is 0 Å². The number of benzene rings is 3. The van der Waals surface area contributed by atoms with E-state index < -0.39 is 23.3 Å². The molecule has 34 heavy (non-hydrogen) atoms. The minimum atomic E-state index is -1.16. The summed E-state index contributed by atoms with van der Waals surface area (Å²) in [6.07, 6.45) is 0.566. The Kier molecular flexibility index (Phi) is 8.11. The quantitative estimate of drug-likeness (QED) is 0.174. The highest BCUT2D eigenvalue weighted by Crippen LogP contribution is 2.32. The Morgan fingerprint density at radius 1 is 0.765 bits per heavy atom. The summed E-state index contributed by atoms with van der Waals surface area (Å²) in [7, 11) is 0. The summed E-state index contributed by atoms with van der Waals surface area (Å²) < 4.78 is 62.7. The van der Waals surface area contributed by atoms with Gasteiger partial charge in [-0.15, -0.1) is 0 Å². The van der Waals surface area contributed by atoms with Crippen LogP contribution in [0.1, 0.15) is 24.5 Å². The normalized spacial score (nSPS) is 11.7. The smallest absolute Gasteiger partial charge is 0.200 e. The van der Waals surface area contributed by atoms with Crippen molar-refractivity contribution in [1.82, 2.24) is 0 Å². The summed E-state index contributed by atoms with van der Waals surface area (Å²) in [5, 5.41) is 0. The van der Waals surface area contributed by atoms with Crippen molar-refractivity contribution >= 4 is 0 Å². The van der Waals surface area contributed by atoms with Crippen molar-refractivity contribution < 1.29 is 22.3 Å². The van der Waals surface area contributed by atoms with E-state index in [4.69, 9.17) is 4.74 Å². The average molecular weight is 467 g/mol. The van der Waals surface area contributed by atoms with Gasteiger partial charge in [0, 0.05) is 11.1 Å². The highest BCUT2D eigenvalue weighted by molar-refractivity contribution is 5.72. The van der Waals surface area contributed by atoms with Gasteiger partial charge in [-0.25, -0.2) is 13.2 Å². The lowest BCUT2D eigenvalue weighted by Gasteiger charge is -2.11. The van der Waals surface area contributed by atoms with Crippen LogP contribution in [0.4, 0.5) is 17.6 Å². The lowest BCUT2D eigenvalue weighted by molar-refractivity contribution is 0.224. The molecule has 0 fully saturated rings. The maximum Gasteiger partial charge on any atom is 0.200 e. The van der Waals surface area contributed by atoms with Crippen molar-refractivity contribution in [1.29, 1.82) is 0 Å². The molecule has 0 radical (unpaired) electrons. The van der Waals surface area contributed by atoms with Gasteiger partial charge in [0.1, 0.15) is 0 Å². The molecule has 0 aromatic heterocycles. The van der Waals surface area contributed by atoms with Crippen molar-refractivity contribution in [2.75, 3.05) is 6.61 Å². The molecule has 0 aliphatic rings. The zero-order chi connectivity index (χ0) is 24.8. The van der Waals surface area contributed by atoms with Crippen molar-refractivity contribution in [2.45, 2.75) is 26.7 Å². The summed E-state index contributed by atoms with van der Waals surface area (Å²) in [4.78, 5) is 0. The van der Waals surface area contributed by atoms with Crippen LogP contribution in [0, 0.1) is 18.6 Å².